The molecule has 0 unspecified atom stereocenters. The zero-order valence-electron chi connectivity index (χ0n) is 13.9. The van der Waals surface area contributed by atoms with Crippen molar-refractivity contribution in [3.05, 3.63) is 12.2 Å². The molecule has 1 aliphatic heterocycles. The molecule has 0 fully saturated rings. The molecule has 21 heavy (non-hydrogen) atoms. The summed E-state index contributed by atoms with van der Waals surface area (Å²) in [4.78, 5) is 9.51. The highest BCUT2D eigenvalue weighted by atomic mass is 33.1. The molecule has 0 amide bonds. The van der Waals surface area contributed by atoms with Gasteiger partial charge in [-0.3, -0.25) is 4.99 Å². The van der Waals surface area contributed by atoms with Crippen LogP contribution in [0, 0.1) is 0 Å². The van der Waals surface area contributed by atoms with Crippen molar-refractivity contribution in [1.29, 1.82) is 0 Å². The first-order valence-electron chi connectivity index (χ1n) is 8.17. The van der Waals surface area contributed by atoms with Crippen LogP contribution in [0.4, 0.5) is 0 Å². The minimum atomic E-state index is 0.963. The van der Waals surface area contributed by atoms with E-state index in [1.807, 2.05) is 21.6 Å². The minimum absolute atomic E-state index is 0.963. The van der Waals surface area contributed by atoms with Crippen LogP contribution in [0.15, 0.2) is 17.1 Å². The summed E-state index contributed by atoms with van der Waals surface area (Å²) >= 11 is 0. The van der Waals surface area contributed by atoms with E-state index in [0.717, 1.165) is 19.5 Å². The van der Waals surface area contributed by atoms with Crippen molar-refractivity contribution in [3.63, 3.8) is 0 Å². The molecule has 0 bridgehead atoms. The second-order valence-electron chi connectivity index (χ2n) is 5.41. The Morgan fingerprint density at radius 1 is 1.19 bits per heavy atom. The third kappa shape index (κ3) is 9.61. The minimum Gasteiger partial charge on any atom is -0.305 e. The highest BCUT2D eigenvalue weighted by Crippen LogP contribution is 2.25. The topological polar surface area (TPSA) is 18.8 Å². The first kappa shape index (κ1) is 19.1. The van der Waals surface area contributed by atoms with Crippen LogP contribution in [0.2, 0.25) is 0 Å². The first-order valence-corrected chi connectivity index (χ1v) is 10.5. The van der Waals surface area contributed by atoms with Gasteiger partial charge >= 0.3 is 0 Å². The van der Waals surface area contributed by atoms with Crippen molar-refractivity contribution in [2.45, 2.75) is 33.1 Å². The fourth-order valence-electron chi connectivity index (χ4n) is 2.09. The number of unbranched alkanes of at least 4 members (excludes halogenated alkanes) is 1. The van der Waals surface area contributed by atoms with E-state index in [4.69, 9.17) is 0 Å². The Kier molecular flexibility index (Phi) is 11.4. The lowest BCUT2D eigenvalue weighted by Crippen LogP contribution is -2.34. The normalized spacial score (nSPS) is 15.0. The SMILES string of the molecule is CCCCN(C)CCN(CC)CCSSC1=NCCC=C1. The van der Waals surface area contributed by atoms with Crippen molar-refractivity contribution < 1.29 is 0 Å². The molecule has 0 spiro atoms. The molecule has 1 rings (SSSR count). The van der Waals surface area contributed by atoms with Gasteiger partial charge in [0.25, 0.3) is 0 Å². The number of aliphatic imine (C=N–C) groups is 1. The molecule has 0 radical (unpaired) electrons. The van der Waals surface area contributed by atoms with Crippen LogP contribution < -0.4 is 0 Å². The fraction of sp³-hybridized carbons (Fsp3) is 0.812. The molecule has 0 saturated heterocycles. The molecule has 0 aromatic rings. The average Bonchev–Trinajstić information content (AvgIpc) is 2.53. The lowest BCUT2D eigenvalue weighted by Gasteiger charge is -2.24. The lowest BCUT2D eigenvalue weighted by atomic mass is 10.3. The summed E-state index contributed by atoms with van der Waals surface area (Å²) in [6, 6.07) is 0. The van der Waals surface area contributed by atoms with Gasteiger partial charge in [0.1, 0.15) is 5.04 Å². The zero-order chi connectivity index (χ0) is 15.3. The van der Waals surface area contributed by atoms with E-state index < -0.39 is 0 Å². The van der Waals surface area contributed by atoms with E-state index in [2.05, 4.69) is 47.8 Å². The van der Waals surface area contributed by atoms with E-state index in [-0.39, 0.29) is 0 Å². The van der Waals surface area contributed by atoms with Crippen molar-refractivity contribution >= 4 is 26.6 Å². The van der Waals surface area contributed by atoms with Gasteiger partial charge in [-0.1, -0.05) is 37.1 Å². The molecule has 0 N–H and O–H groups in total. The number of rotatable bonds is 11. The van der Waals surface area contributed by atoms with Gasteiger partial charge in [-0.25, -0.2) is 0 Å². The fourth-order valence-corrected chi connectivity index (χ4v) is 4.08. The molecule has 0 aliphatic carbocycles. The number of nitrogens with zero attached hydrogens (tertiary/aromatic N) is 3. The van der Waals surface area contributed by atoms with E-state index >= 15 is 0 Å². The van der Waals surface area contributed by atoms with Crippen molar-refractivity contribution in [2.75, 3.05) is 52.1 Å². The maximum atomic E-state index is 4.51. The Hall–Kier alpha value is 0.0300. The highest BCUT2D eigenvalue weighted by molar-refractivity contribution is 8.82. The molecule has 122 valence electrons. The summed E-state index contributed by atoms with van der Waals surface area (Å²) in [7, 11) is 6.00. The van der Waals surface area contributed by atoms with Crippen LogP contribution >= 0.6 is 21.6 Å². The van der Waals surface area contributed by atoms with Gasteiger partial charge in [0.2, 0.25) is 0 Å². The monoisotopic (exact) mass is 329 g/mol. The Bertz CT molecular complexity index is 319. The molecule has 0 saturated carbocycles. The van der Waals surface area contributed by atoms with Gasteiger partial charge in [-0.2, -0.15) is 0 Å². The summed E-state index contributed by atoms with van der Waals surface area (Å²) in [5.41, 5.74) is 0. The number of dihydropyridines is 1. The molecule has 1 heterocycles. The van der Waals surface area contributed by atoms with Crippen LogP contribution in [-0.4, -0.2) is 66.9 Å². The second-order valence-corrected chi connectivity index (χ2v) is 7.84. The van der Waals surface area contributed by atoms with Gasteiger partial charge in [0.05, 0.1) is 0 Å². The Labute approximate surface area is 139 Å². The summed E-state index contributed by atoms with van der Waals surface area (Å²) in [5, 5.41) is 1.19. The van der Waals surface area contributed by atoms with E-state index in [9.17, 15) is 0 Å². The van der Waals surface area contributed by atoms with Crippen molar-refractivity contribution in [3.8, 4) is 0 Å². The van der Waals surface area contributed by atoms with Crippen LogP contribution in [0.5, 0.6) is 0 Å². The lowest BCUT2D eigenvalue weighted by molar-refractivity contribution is 0.240. The maximum Gasteiger partial charge on any atom is 0.101 e. The molecular weight excluding hydrogens is 298 g/mol. The van der Waals surface area contributed by atoms with E-state index in [1.54, 1.807) is 0 Å². The smallest absolute Gasteiger partial charge is 0.101 e. The Morgan fingerprint density at radius 2 is 2.05 bits per heavy atom. The molecule has 0 aromatic carbocycles. The third-order valence-corrected chi connectivity index (χ3v) is 5.87. The van der Waals surface area contributed by atoms with Crippen LogP contribution in [-0.2, 0) is 0 Å². The summed E-state index contributed by atoms with van der Waals surface area (Å²) in [6.07, 6.45) is 8.07. The van der Waals surface area contributed by atoms with Crippen molar-refractivity contribution in [2.24, 2.45) is 4.99 Å². The third-order valence-electron chi connectivity index (χ3n) is 3.60. The van der Waals surface area contributed by atoms with Crippen molar-refractivity contribution in [1.82, 2.24) is 9.80 Å². The molecule has 0 aromatic heterocycles. The quantitative estimate of drug-likeness (QED) is 0.424. The van der Waals surface area contributed by atoms with Crippen LogP contribution in [0.1, 0.15) is 33.1 Å². The molecule has 5 heteroatoms. The molecule has 0 atom stereocenters. The summed E-state index contributed by atoms with van der Waals surface area (Å²) in [6.45, 7) is 11.4. The second kappa shape index (κ2) is 12.6. The maximum absolute atomic E-state index is 4.51. The Balaban J connectivity index is 2.07. The predicted octanol–water partition coefficient (Wildman–Crippen LogP) is 3.78. The zero-order valence-corrected chi connectivity index (χ0v) is 15.5. The summed E-state index contributed by atoms with van der Waals surface area (Å²) < 4.78 is 0. The predicted molar refractivity (Wildman–Crippen MR) is 101 cm³/mol. The van der Waals surface area contributed by atoms with E-state index in [1.165, 1.54) is 49.8 Å². The standard InChI is InChI=1S/C16H31N3S2/c1-4-6-11-18(3)12-13-19(5-2)14-15-20-21-16-9-7-8-10-17-16/h7,9H,4-6,8,10-15H2,1-3H3. The number of likely N-dealkylation sites (N-methyl/N-ethyl adjacent to an activating group) is 2. The van der Waals surface area contributed by atoms with Gasteiger partial charge in [0, 0.05) is 31.9 Å². The van der Waals surface area contributed by atoms with Gasteiger partial charge in [-0.15, -0.1) is 0 Å². The van der Waals surface area contributed by atoms with E-state index in [0.29, 0.717) is 0 Å². The number of hydrogen-bond donors (Lipinski definition) is 0. The molecule has 1 aliphatic rings. The average molecular weight is 330 g/mol. The molecular formula is C16H31N3S2. The molecule has 3 nitrogen and oxygen atoms in total. The van der Waals surface area contributed by atoms with Crippen LogP contribution in [0.3, 0.4) is 0 Å². The largest absolute Gasteiger partial charge is 0.305 e. The highest BCUT2D eigenvalue weighted by Gasteiger charge is 2.06. The Morgan fingerprint density at radius 3 is 2.71 bits per heavy atom. The first-order chi connectivity index (χ1) is 10.3. The van der Waals surface area contributed by atoms with Gasteiger partial charge < -0.3 is 9.80 Å². The van der Waals surface area contributed by atoms with Gasteiger partial charge in [0.15, 0.2) is 0 Å². The number of hydrogen-bond acceptors (Lipinski definition) is 5. The van der Waals surface area contributed by atoms with Crippen LogP contribution in [0.25, 0.3) is 0 Å². The summed E-state index contributed by atoms with van der Waals surface area (Å²) in [5.74, 6) is 1.17. The van der Waals surface area contributed by atoms with Gasteiger partial charge in [-0.05, 0) is 49.8 Å².